The van der Waals surface area contributed by atoms with E-state index < -0.39 is 0 Å². The van der Waals surface area contributed by atoms with Crippen LogP contribution in [-0.4, -0.2) is 9.94 Å². The van der Waals surface area contributed by atoms with Crippen LogP contribution < -0.4 is 0 Å². The maximum Gasteiger partial charge on any atom is 0.0872 e. The molecule has 0 saturated carbocycles. The van der Waals surface area contributed by atoms with Crippen molar-refractivity contribution >= 4 is 26.8 Å². The van der Waals surface area contributed by atoms with Gasteiger partial charge in [0.15, 0.2) is 0 Å². The first kappa shape index (κ1) is 13.9. The van der Waals surface area contributed by atoms with Crippen LogP contribution in [0.25, 0.3) is 10.9 Å². The molecule has 1 aliphatic carbocycles. The highest BCUT2D eigenvalue weighted by Crippen LogP contribution is 2.40. The molecule has 1 atom stereocenters. The fraction of sp³-hybridized carbons (Fsp3) is 0.263. The number of aryl methyl sites for hydroxylation is 1. The normalized spacial score (nSPS) is 17.6. The van der Waals surface area contributed by atoms with Gasteiger partial charge in [-0.3, -0.25) is 0 Å². The summed E-state index contributed by atoms with van der Waals surface area (Å²) in [6, 6.07) is 16.7. The van der Waals surface area contributed by atoms with Crippen molar-refractivity contribution in [3.8, 4) is 0 Å². The predicted molar refractivity (Wildman–Crippen MR) is 92.6 cm³/mol. The average molecular weight is 356 g/mol. The Morgan fingerprint density at radius 3 is 2.77 bits per heavy atom. The van der Waals surface area contributed by atoms with E-state index in [-0.39, 0.29) is 0 Å². The zero-order valence-corrected chi connectivity index (χ0v) is 13.9. The van der Waals surface area contributed by atoms with Crippen LogP contribution in [0.2, 0.25) is 0 Å². The molecule has 3 heteroatoms. The summed E-state index contributed by atoms with van der Waals surface area (Å²) in [7, 11) is 0. The Hall–Kier alpha value is -1.74. The first-order valence-corrected chi connectivity index (χ1v) is 8.59. The van der Waals surface area contributed by atoms with Gasteiger partial charge < -0.3 is 5.21 Å². The Bertz CT molecular complexity index is 822. The van der Waals surface area contributed by atoms with Crippen molar-refractivity contribution < 1.29 is 5.21 Å². The molecule has 1 aliphatic rings. The minimum Gasteiger partial charge on any atom is -0.428 e. The van der Waals surface area contributed by atoms with E-state index in [4.69, 9.17) is 0 Å². The summed E-state index contributed by atoms with van der Waals surface area (Å²) in [5, 5.41) is 11.9. The van der Waals surface area contributed by atoms with Crippen LogP contribution in [0.4, 0.5) is 0 Å². The molecule has 0 spiro atoms. The first-order chi connectivity index (χ1) is 10.7. The van der Waals surface area contributed by atoms with E-state index in [1.54, 1.807) is 0 Å². The van der Waals surface area contributed by atoms with E-state index in [1.807, 2.05) is 12.1 Å². The molecule has 0 bridgehead atoms. The van der Waals surface area contributed by atoms with E-state index in [2.05, 4.69) is 52.3 Å². The minimum absolute atomic E-state index is 0.391. The van der Waals surface area contributed by atoms with Crippen LogP contribution in [0.3, 0.4) is 0 Å². The zero-order valence-electron chi connectivity index (χ0n) is 12.3. The van der Waals surface area contributed by atoms with Gasteiger partial charge in [-0.1, -0.05) is 46.3 Å². The van der Waals surface area contributed by atoms with Crippen LogP contribution in [-0.2, 0) is 12.8 Å². The lowest BCUT2D eigenvalue weighted by Crippen LogP contribution is -2.15. The number of halogens is 1. The summed E-state index contributed by atoms with van der Waals surface area (Å²) in [5.41, 5.74) is 4.70. The molecular formula is C19H18BrNO. The highest BCUT2D eigenvalue weighted by atomic mass is 79.9. The summed E-state index contributed by atoms with van der Waals surface area (Å²) < 4.78 is 2.50. The van der Waals surface area contributed by atoms with Crippen molar-refractivity contribution in [2.24, 2.45) is 0 Å². The monoisotopic (exact) mass is 355 g/mol. The summed E-state index contributed by atoms with van der Waals surface area (Å²) in [6.45, 7) is 0. The molecule has 1 aromatic heterocycles. The van der Waals surface area contributed by atoms with E-state index in [9.17, 15) is 5.21 Å². The van der Waals surface area contributed by atoms with Gasteiger partial charge >= 0.3 is 0 Å². The number of fused-ring (bicyclic) bond motifs is 3. The lowest BCUT2D eigenvalue weighted by Gasteiger charge is -2.23. The van der Waals surface area contributed by atoms with Crippen molar-refractivity contribution in [1.29, 1.82) is 0 Å². The third-order valence-corrected chi connectivity index (χ3v) is 5.23. The molecule has 1 unspecified atom stereocenters. The molecule has 0 aliphatic heterocycles. The fourth-order valence-corrected chi connectivity index (χ4v) is 4.13. The Balaban J connectivity index is 1.82. The number of hydrogen-bond donors (Lipinski definition) is 1. The van der Waals surface area contributed by atoms with Gasteiger partial charge in [-0.05, 0) is 55.0 Å². The summed E-state index contributed by atoms with van der Waals surface area (Å²) in [4.78, 5) is 0. The SMILES string of the molecule is On1c2c(c3cc(Br)ccc31)CCCC2Cc1ccccc1. The lowest BCUT2D eigenvalue weighted by molar-refractivity contribution is 0.182. The highest BCUT2D eigenvalue weighted by molar-refractivity contribution is 9.10. The van der Waals surface area contributed by atoms with Crippen molar-refractivity contribution in [1.82, 2.24) is 4.73 Å². The molecule has 0 radical (unpaired) electrons. The number of benzene rings is 2. The maximum absolute atomic E-state index is 10.7. The molecular weight excluding hydrogens is 338 g/mol. The maximum atomic E-state index is 10.7. The smallest absolute Gasteiger partial charge is 0.0872 e. The van der Waals surface area contributed by atoms with E-state index >= 15 is 0 Å². The molecule has 2 aromatic carbocycles. The van der Waals surface area contributed by atoms with Gasteiger partial charge in [0, 0.05) is 15.8 Å². The van der Waals surface area contributed by atoms with Gasteiger partial charge in [0.05, 0.1) is 11.2 Å². The fourth-order valence-electron chi connectivity index (χ4n) is 3.77. The third kappa shape index (κ3) is 2.24. The average Bonchev–Trinajstić information content (AvgIpc) is 2.82. The number of rotatable bonds is 2. The molecule has 112 valence electrons. The van der Waals surface area contributed by atoms with Gasteiger partial charge in [0.1, 0.15) is 0 Å². The third-order valence-electron chi connectivity index (χ3n) is 4.74. The van der Waals surface area contributed by atoms with Gasteiger partial charge in [-0.2, -0.15) is 4.73 Å². The Morgan fingerprint density at radius 2 is 1.95 bits per heavy atom. The standard InChI is InChI=1S/C19H18BrNO/c20-15-9-10-18-17(12-15)16-8-4-7-14(19(16)21(18)22)11-13-5-2-1-3-6-13/h1-3,5-6,9-10,12,14,22H,4,7-8,11H2. The summed E-state index contributed by atoms with van der Waals surface area (Å²) in [6.07, 6.45) is 4.38. The van der Waals surface area contributed by atoms with E-state index in [0.717, 1.165) is 34.9 Å². The molecule has 22 heavy (non-hydrogen) atoms. The Kier molecular flexibility index (Phi) is 3.45. The van der Waals surface area contributed by atoms with Crippen molar-refractivity contribution in [3.63, 3.8) is 0 Å². The van der Waals surface area contributed by atoms with Crippen LogP contribution >= 0.6 is 15.9 Å². The number of aromatic nitrogens is 1. The lowest BCUT2D eigenvalue weighted by atomic mass is 9.83. The Labute approximate surface area is 138 Å². The van der Waals surface area contributed by atoms with Gasteiger partial charge in [0.25, 0.3) is 0 Å². The van der Waals surface area contributed by atoms with E-state index in [1.165, 1.54) is 27.7 Å². The van der Waals surface area contributed by atoms with Crippen molar-refractivity contribution in [2.45, 2.75) is 31.6 Å². The van der Waals surface area contributed by atoms with Crippen LogP contribution in [0.15, 0.2) is 53.0 Å². The zero-order chi connectivity index (χ0) is 15.1. The molecule has 0 amide bonds. The van der Waals surface area contributed by atoms with Gasteiger partial charge in [-0.15, -0.1) is 0 Å². The molecule has 1 N–H and O–H groups in total. The molecule has 4 rings (SSSR count). The molecule has 3 aromatic rings. The first-order valence-electron chi connectivity index (χ1n) is 7.80. The topological polar surface area (TPSA) is 25.2 Å². The van der Waals surface area contributed by atoms with Crippen molar-refractivity contribution in [2.75, 3.05) is 0 Å². The largest absolute Gasteiger partial charge is 0.428 e. The highest BCUT2D eigenvalue weighted by Gasteiger charge is 2.28. The second-order valence-corrected chi connectivity index (χ2v) is 7.03. The summed E-state index contributed by atoms with van der Waals surface area (Å²) in [5.74, 6) is 0.391. The van der Waals surface area contributed by atoms with Gasteiger partial charge in [-0.25, -0.2) is 0 Å². The van der Waals surface area contributed by atoms with Crippen LogP contribution in [0.5, 0.6) is 0 Å². The predicted octanol–water partition coefficient (Wildman–Crippen LogP) is 5.30. The number of hydrogen-bond acceptors (Lipinski definition) is 1. The van der Waals surface area contributed by atoms with Crippen molar-refractivity contribution in [3.05, 3.63) is 69.8 Å². The van der Waals surface area contributed by atoms with Crippen LogP contribution in [0, 0.1) is 0 Å². The number of nitrogens with zero attached hydrogens (tertiary/aromatic N) is 1. The molecule has 0 saturated heterocycles. The second kappa shape index (κ2) is 5.47. The minimum atomic E-state index is 0.391. The van der Waals surface area contributed by atoms with Gasteiger partial charge in [0.2, 0.25) is 0 Å². The second-order valence-electron chi connectivity index (χ2n) is 6.12. The molecule has 0 fully saturated rings. The molecule has 2 nitrogen and oxygen atoms in total. The summed E-state index contributed by atoms with van der Waals surface area (Å²) >= 11 is 3.55. The Morgan fingerprint density at radius 1 is 1.14 bits per heavy atom. The molecule has 1 heterocycles. The quantitative estimate of drug-likeness (QED) is 0.619. The van der Waals surface area contributed by atoms with E-state index in [0.29, 0.717) is 5.92 Å². The van der Waals surface area contributed by atoms with Crippen LogP contribution in [0.1, 0.15) is 35.6 Å².